The Morgan fingerprint density at radius 1 is 1.24 bits per heavy atom. The van der Waals surface area contributed by atoms with Crippen LogP contribution in [0.15, 0.2) is 24.3 Å². The first kappa shape index (κ1) is 16.7. The fraction of sp³-hybridized carbons (Fsp3) is 0.400. The van der Waals surface area contributed by atoms with E-state index in [4.69, 9.17) is 14.0 Å². The van der Waals surface area contributed by atoms with Crippen LogP contribution in [0, 0.1) is 0 Å². The Balaban J connectivity index is 0.00000256. The number of methoxy groups -OCH3 is 1. The van der Waals surface area contributed by atoms with Crippen LogP contribution in [0.1, 0.15) is 13.3 Å². The summed E-state index contributed by atoms with van der Waals surface area (Å²) in [7, 11) is -2.65. The third-order valence-corrected chi connectivity index (χ3v) is 3.09. The zero-order chi connectivity index (χ0) is 12.2. The van der Waals surface area contributed by atoms with Crippen molar-refractivity contribution in [1.29, 1.82) is 0 Å². The molecule has 0 amide bonds. The molecular weight excluding hydrogens is 255 g/mol. The second-order valence-corrected chi connectivity index (χ2v) is 4.70. The van der Waals surface area contributed by atoms with Gasteiger partial charge in [0.15, 0.2) is 0 Å². The number of benzene rings is 1. The van der Waals surface area contributed by atoms with Gasteiger partial charge in [0, 0.05) is 0 Å². The molecule has 0 bridgehead atoms. The fourth-order valence-corrected chi connectivity index (χ4v) is 1.81. The zero-order valence-electron chi connectivity index (χ0n) is 10.1. The number of hydrogen-bond donors (Lipinski definition) is 1. The van der Waals surface area contributed by atoms with Crippen LogP contribution in [0.2, 0.25) is 0 Å². The van der Waals surface area contributed by atoms with Crippen LogP contribution in [-0.4, -0.2) is 25.5 Å². The molecule has 17 heavy (non-hydrogen) atoms. The van der Waals surface area contributed by atoms with E-state index in [1.54, 1.807) is 31.2 Å². The van der Waals surface area contributed by atoms with Gasteiger partial charge in [-0.25, -0.2) is 0 Å². The molecule has 90 valence electrons. The van der Waals surface area contributed by atoms with Crippen molar-refractivity contribution in [3.05, 3.63) is 24.3 Å². The third kappa shape index (κ3) is 5.27. The van der Waals surface area contributed by atoms with Crippen LogP contribution >= 0.6 is 0 Å². The largest absolute Gasteiger partial charge is 1.00 e. The Morgan fingerprint density at radius 2 is 1.71 bits per heavy atom. The average Bonchev–Trinajstić information content (AvgIpc) is 2.25. The van der Waals surface area contributed by atoms with Gasteiger partial charge in [-0.1, -0.05) is 6.92 Å². The van der Waals surface area contributed by atoms with Gasteiger partial charge in [-0.05, 0) is 30.7 Å². The standard InChI is InChI=1S/C10H14O5S.Na/c1-3-10(16(11,12)13)15-9-6-4-8(14-2)5-7-9;/h4-7,10H,3H2,1-2H3,(H,11,12,13);/q;+1. The van der Waals surface area contributed by atoms with E-state index in [1.807, 2.05) is 0 Å². The summed E-state index contributed by atoms with van der Waals surface area (Å²) < 4.78 is 40.7. The minimum atomic E-state index is -4.18. The molecule has 0 aliphatic rings. The van der Waals surface area contributed by atoms with Crippen LogP contribution in [-0.2, 0) is 10.1 Å². The molecule has 1 unspecified atom stereocenters. The first-order valence-corrected chi connectivity index (χ1v) is 6.24. The molecule has 1 atom stereocenters. The Labute approximate surface area is 123 Å². The summed E-state index contributed by atoms with van der Waals surface area (Å²) in [6.07, 6.45) is 0.171. The van der Waals surface area contributed by atoms with E-state index < -0.39 is 15.6 Å². The van der Waals surface area contributed by atoms with Crippen LogP contribution in [0.3, 0.4) is 0 Å². The first-order valence-electron chi connectivity index (χ1n) is 4.74. The van der Waals surface area contributed by atoms with Crippen LogP contribution in [0.25, 0.3) is 0 Å². The monoisotopic (exact) mass is 269 g/mol. The summed E-state index contributed by atoms with van der Waals surface area (Å²) in [5, 5.41) is 0. The molecule has 1 rings (SSSR count). The molecule has 0 saturated heterocycles. The maximum Gasteiger partial charge on any atom is 1.00 e. The van der Waals surface area contributed by atoms with Crippen LogP contribution < -0.4 is 39.0 Å². The summed E-state index contributed by atoms with van der Waals surface area (Å²) in [5.74, 6) is 1.01. The summed E-state index contributed by atoms with van der Waals surface area (Å²) in [5.41, 5.74) is -1.24. The van der Waals surface area contributed by atoms with Gasteiger partial charge < -0.3 is 9.47 Å². The topological polar surface area (TPSA) is 72.8 Å². The molecule has 0 saturated carbocycles. The average molecular weight is 269 g/mol. The molecule has 5 nitrogen and oxygen atoms in total. The van der Waals surface area contributed by atoms with Crippen molar-refractivity contribution in [2.45, 2.75) is 18.8 Å². The second kappa shape index (κ2) is 7.23. The Hall–Kier alpha value is -0.270. The minimum Gasteiger partial charge on any atom is -0.497 e. The van der Waals surface area contributed by atoms with E-state index >= 15 is 0 Å². The number of ether oxygens (including phenoxy) is 2. The molecule has 1 N–H and O–H groups in total. The predicted molar refractivity (Wildman–Crippen MR) is 59.2 cm³/mol. The van der Waals surface area contributed by atoms with E-state index in [-0.39, 0.29) is 36.0 Å². The molecule has 1 aromatic rings. The number of rotatable bonds is 5. The van der Waals surface area contributed by atoms with Gasteiger partial charge in [0.05, 0.1) is 7.11 Å². The van der Waals surface area contributed by atoms with Gasteiger partial charge in [-0.3, -0.25) is 4.55 Å². The van der Waals surface area contributed by atoms with Crippen molar-refractivity contribution < 1.29 is 52.0 Å². The first-order chi connectivity index (χ1) is 7.47. The van der Waals surface area contributed by atoms with Gasteiger partial charge in [0.25, 0.3) is 0 Å². The quantitative estimate of drug-likeness (QED) is 0.531. The summed E-state index contributed by atoms with van der Waals surface area (Å²) in [4.78, 5) is 0. The molecule has 1 aromatic carbocycles. The Bertz CT molecular complexity index is 429. The molecule has 0 aliphatic carbocycles. The van der Waals surface area contributed by atoms with Crippen molar-refractivity contribution in [3.63, 3.8) is 0 Å². The smallest absolute Gasteiger partial charge is 0.497 e. The minimum absolute atomic E-state index is 0. The summed E-state index contributed by atoms with van der Waals surface area (Å²) >= 11 is 0. The SMILES string of the molecule is CCC(Oc1ccc(OC)cc1)S(=O)(=O)O.[Na+]. The van der Waals surface area contributed by atoms with Crippen molar-refractivity contribution in [2.75, 3.05) is 7.11 Å². The van der Waals surface area contributed by atoms with Gasteiger partial charge in [-0.2, -0.15) is 8.42 Å². The van der Waals surface area contributed by atoms with Crippen molar-refractivity contribution in [2.24, 2.45) is 0 Å². The second-order valence-electron chi connectivity index (χ2n) is 3.15. The third-order valence-electron chi connectivity index (χ3n) is 1.99. The Kier molecular flexibility index (Phi) is 7.11. The van der Waals surface area contributed by atoms with E-state index in [1.165, 1.54) is 7.11 Å². The van der Waals surface area contributed by atoms with Gasteiger partial charge in [-0.15, -0.1) is 0 Å². The normalized spacial score (nSPS) is 12.4. The van der Waals surface area contributed by atoms with E-state index in [2.05, 4.69) is 0 Å². The van der Waals surface area contributed by atoms with E-state index in [0.29, 0.717) is 11.5 Å². The molecule has 0 spiro atoms. The molecule has 0 fully saturated rings. The van der Waals surface area contributed by atoms with E-state index in [0.717, 1.165) is 0 Å². The van der Waals surface area contributed by atoms with Crippen molar-refractivity contribution in [3.8, 4) is 11.5 Å². The zero-order valence-corrected chi connectivity index (χ0v) is 12.9. The van der Waals surface area contributed by atoms with Crippen LogP contribution in [0.4, 0.5) is 0 Å². The predicted octanol–water partition coefficient (Wildman–Crippen LogP) is -1.30. The van der Waals surface area contributed by atoms with Gasteiger partial charge >= 0.3 is 39.7 Å². The van der Waals surface area contributed by atoms with Crippen molar-refractivity contribution in [1.82, 2.24) is 0 Å². The molecule has 0 aliphatic heterocycles. The molecule has 0 heterocycles. The van der Waals surface area contributed by atoms with Gasteiger partial charge in [0.2, 0.25) is 5.44 Å². The van der Waals surface area contributed by atoms with Crippen LogP contribution in [0.5, 0.6) is 11.5 Å². The Morgan fingerprint density at radius 3 is 2.06 bits per heavy atom. The summed E-state index contributed by atoms with van der Waals surface area (Å²) in [6.45, 7) is 1.61. The van der Waals surface area contributed by atoms with Gasteiger partial charge in [0.1, 0.15) is 11.5 Å². The summed E-state index contributed by atoms with van der Waals surface area (Å²) in [6, 6.07) is 6.44. The fourth-order valence-electron chi connectivity index (χ4n) is 1.16. The maximum absolute atomic E-state index is 10.9. The molecule has 0 aromatic heterocycles. The maximum atomic E-state index is 10.9. The molecule has 7 heteroatoms. The number of hydrogen-bond acceptors (Lipinski definition) is 4. The molecule has 0 radical (unpaired) electrons. The molecular formula is C10H14NaO5S+. The van der Waals surface area contributed by atoms with Crippen molar-refractivity contribution >= 4 is 10.1 Å². The van der Waals surface area contributed by atoms with E-state index in [9.17, 15) is 8.42 Å².